The highest BCUT2D eigenvalue weighted by molar-refractivity contribution is 6.03. The van der Waals surface area contributed by atoms with Crippen molar-refractivity contribution in [1.82, 2.24) is 14.5 Å². The molecular formula is C20H16N4O2. The van der Waals surface area contributed by atoms with Crippen LogP contribution in [0.2, 0.25) is 0 Å². The zero-order valence-corrected chi connectivity index (χ0v) is 13.9. The molecule has 0 saturated heterocycles. The van der Waals surface area contributed by atoms with Crippen LogP contribution in [0, 0.1) is 0 Å². The zero-order chi connectivity index (χ0) is 17.8. The third-order valence-corrected chi connectivity index (χ3v) is 4.00. The van der Waals surface area contributed by atoms with Gasteiger partial charge in [-0.2, -0.15) is 0 Å². The molecular weight excluding hydrogens is 328 g/mol. The van der Waals surface area contributed by atoms with Gasteiger partial charge in [0.2, 0.25) is 5.95 Å². The summed E-state index contributed by atoms with van der Waals surface area (Å²) >= 11 is 0. The number of aromatic nitrogens is 3. The van der Waals surface area contributed by atoms with Crippen LogP contribution in [0.4, 0.5) is 5.95 Å². The monoisotopic (exact) mass is 344 g/mol. The topological polar surface area (TPSA) is 73.0 Å². The molecule has 0 saturated carbocycles. The number of carbonyl (C=O) groups excluding carboxylic acids is 1. The third kappa shape index (κ3) is 3.39. The van der Waals surface area contributed by atoms with Crippen molar-refractivity contribution in [3.05, 3.63) is 90.7 Å². The lowest BCUT2D eigenvalue weighted by Gasteiger charge is -2.09. The highest BCUT2D eigenvalue weighted by Gasteiger charge is 2.11. The number of hydrogen-bond donors (Lipinski definition) is 1. The second-order valence-corrected chi connectivity index (χ2v) is 5.76. The lowest BCUT2D eigenvalue weighted by molar-refractivity contribution is 0.102. The van der Waals surface area contributed by atoms with Gasteiger partial charge in [-0.1, -0.05) is 42.5 Å². The molecule has 4 rings (SSSR count). The van der Waals surface area contributed by atoms with E-state index in [0.29, 0.717) is 23.8 Å². The van der Waals surface area contributed by atoms with Gasteiger partial charge in [0.25, 0.3) is 5.91 Å². The molecule has 0 radical (unpaired) electrons. The lowest BCUT2D eigenvalue weighted by atomic mass is 10.1. The van der Waals surface area contributed by atoms with Gasteiger partial charge >= 0.3 is 0 Å². The molecule has 1 amide bonds. The van der Waals surface area contributed by atoms with Gasteiger partial charge in [-0.05, 0) is 17.7 Å². The van der Waals surface area contributed by atoms with E-state index in [4.69, 9.17) is 4.42 Å². The van der Waals surface area contributed by atoms with Crippen molar-refractivity contribution in [3.63, 3.8) is 0 Å². The molecule has 6 nitrogen and oxygen atoms in total. The summed E-state index contributed by atoms with van der Waals surface area (Å²) in [6, 6.07) is 17.2. The fraction of sp³-hybridized carbons (Fsp3) is 0.0500. The van der Waals surface area contributed by atoms with Gasteiger partial charge in [-0.15, -0.1) is 0 Å². The molecule has 0 bridgehead atoms. The standard InChI is InChI=1S/C20H16N4O2/c25-19(17-8-6-16(7-9-17)18-12-21-14-26-18)23-20-22-10-11-24(20)13-15-4-2-1-3-5-15/h1-12,14H,13H2,(H,22,23,25). The van der Waals surface area contributed by atoms with Crippen molar-refractivity contribution < 1.29 is 9.21 Å². The molecule has 128 valence electrons. The van der Waals surface area contributed by atoms with E-state index in [1.54, 1.807) is 24.5 Å². The molecule has 2 heterocycles. The Balaban J connectivity index is 1.48. The van der Waals surface area contributed by atoms with Crippen LogP contribution in [0.3, 0.4) is 0 Å². The maximum absolute atomic E-state index is 12.5. The SMILES string of the molecule is O=C(Nc1nccn1Cc1ccccc1)c1ccc(-c2cnco2)cc1. The van der Waals surface area contributed by atoms with Gasteiger partial charge in [0.15, 0.2) is 12.2 Å². The van der Waals surface area contributed by atoms with Crippen LogP contribution in [-0.2, 0) is 6.54 Å². The largest absolute Gasteiger partial charge is 0.444 e. The fourth-order valence-corrected chi connectivity index (χ4v) is 2.66. The number of benzene rings is 2. The Morgan fingerprint density at radius 2 is 1.88 bits per heavy atom. The molecule has 0 spiro atoms. The Hall–Kier alpha value is -3.67. The number of hydrogen-bond acceptors (Lipinski definition) is 4. The van der Waals surface area contributed by atoms with E-state index in [2.05, 4.69) is 15.3 Å². The van der Waals surface area contributed by atoms with Crippen molar-refractivity contribution in [2.24, 2.45) is 0 Å². The van der Waals surface area contributed by atoms with Crippen LogP contribution < -0.4 is 5.32 Å². The molecule has 0 aliphatic rings. The average molecular weight is 344 g/mol. The van der Waals surface area contributed by atoms with E-state index in [-0.39, 0.29) is 5.91 Å². The minimum atomic E-state index is -0.213. The van der Waals surface area contributed by atoms with Crippen molar-refractivity contribution in [2.75, 3.05) is 5.32 Å². The molecule has 2 aromatic heterocycles. The minimum Gasteiger partial charge on any atom is -0.444 e. The van der Waals surface area contributed by atoms with Crippen molar-refractivity contribution in [1.29, 1.82) is 0 Å². The molecule has 0 aliphatic heterocycles. The van der Waals surface area contributed by atoms with E-state index in [9.17, 15) is 4.79 Å². The smallest absolute Gasteiger partial charge is 0.257 e. The van der Waals surface area contributed by atoms with Crippen LogP contribution in [0.1, 0.15) is 15.9 Å². The Morgan fingerprint density at radius 3 is 2.62 bits per heavy atom. The third-order valence-electron chi connectivity index (χ3n) is 4.00. The summed E-state index contributed by atoms with van der Waals surface area (Å²) in [7, 11) is 0. The molecule has 0 unspecified atom stereocenters. The predicted octanol–water partition coefficient (Wildman–Crippen LogP) is 3.84. The molecule has 0 atom stereocenters. The van der Waals surface area contributed by atoms with E-state index in [1.165, 1.54) is 6.39 Å². The molecule has 0 aliphatic carbocycles. The number of imidazole rings is 1. The van der Waals surface area contributed by atoms with E-state index in [0.717, 1.165) is 11.1 Å². The Kier molecular flexibility index (Phi) is 4.30. The number of amides is 1. The Labute approximate surface area is 150 Å². The summed E-state index contributed by atoms with van der Waals surface area (Å²) in [5.41, 5.74) is 2.55. The summed E-state index contributed by atoms with van der Waals surface area (Å²) in [5.74, 6) is 0.961. The van der Waals surface area contributed by atoms with Crippen LogP contribution in [0.5, 0.6) is 0 Å². The number of carbonyl (C=O) groups is 1. The number of oxazole rings is 1. The predicted molar refractivity (Wildman–Crippen MR) is 97.7 cm³/mol. The molecule has 2 aromatic carbocycles. The number of nitrogens with one attached hydrogen (secondary N) is 1. The first-order valence-corrected chi connectivity index (χ1v) is 8.15. The number of nitrogens with zero attached hydrogens (tertiary/aromatic N) is 3. The van der Waals surface area contributed by atoms with Crippen molar-refractivity contribution >= 4 is 11.9 Å². The van der Waals surface area contributed by atoms with Crippen molar-refractivity contribution in [2.45, 2.75) is 6.54 Å². The first-order valence-electron chi connectivity index (χ1n) is 8.15. The highest BCUT2D eigenvalue weighted by Crippen LogP contribution is 2.19. The van der Waals surface area contributed by atoms with E-state index < -0.39 is 0 Å². The first kappa shape index (κ1) is 15.8. The maximum Gasteiger partial charge on any atom is 0.257 e. The summed E-state index contributed by atoms with van der Waals surface area (Å²) in [4.78, 5) is 20.7. The van der Waals surface area contributed by atoms with Gasteiger partial charge in [0.05, 0.1) is 12.7 Å². The number of rotatable bonds is 5. The minimum absolute atomic E-state index is 0.213. The molecule has 1 N–H and O–H groups in total. The molecule has 4 aromatic rings. The van der Waals surface area contributed by atoms with Crippen LogP contribution >= 0.6 is 0 Å². The quantitative estimate of drug-likeness (QED) is 0.597. The van der Waals surface area contributed by atoms with E-state index in [1.807, 2.05) is 53.2 Å². The van der Waals surface area contributed by atoms with Crippen molar-refractivity contribution in [3.8, 4) is 11.3 Å². The average Bonchev–Trinajstić information content (AvgIpc) is 3.35. The zero-order valence-electron chi connectivity index (χ0n) is 13.9. The maximum atomic E-state index is 12.5. The van der Waals surface area contributed by atoms with Gasteiger partial charge < -0.3 is 8.98 Å². The van der Waals surface area contributed by atoms with Gasteiger partial charge in [-0.3, -0.25) is 10.1 Å². The van der Waals surface area contributed by atoms with E-state index >= 15 is 0 Å². The second kappa shape index (κ2) is 7.06. The lowest BCUT2D eigenvalue weighted by Crippen LogP contribution is -2.16. The van der Waals surface area contributed by atoms with Gasteiger partial charge in [0, 0.05) is 23.5 Å². The van der Waals surface area contributed by atoms with Crippen LogP contribution in [0.15, 0.2) is 84.0 Å². The highest BCUT2D eigenvalue weighted by atomic mass is 16.3. The van der Waals surface area contributed by atoms with Crippen LogP contribution in [0.25, 0.3) is 11.3 Å². The molecule has 0 fully saturated rings. The normalized spacial score (nSPS) is 10.6. The molecule has 26 heavy (non-hydrogen) atoms. The Morgan fingerprint density at radius 1 is 1.08 bits per heavy atom. The second-order valence-electron chi connectivity index (χ2n) is 5.76. The summed E-state index contributed by atoms with van der Waals surface area (Å²) in [6.45, 7) is 0.640. The first-order chi connectivity index (χ1) is 12.8. The summed E-state index contributed by atoms with van der Waals surface area (Å²) < 4.78 is 7.15. The number of anilines is 1. The Bertz CT molecular complexity index is 990. The van der Waals surface area contributed by atoms with Gasteiger partial charge in [-0.25, -0.2) is 9.97 Å². The van der Waals surface area contributed by atoms with Crippen LogP contribution in [-0.4, -0.2) is 20.4 Å². The summed E-state index contributed by atoms with van der Waals surface area (Å²) in [6.07, 6.45) is 6.53. The summed E-state index contributed by atoms with van der Waals surface area (Å²) in [5, 5.41) is 2.86. The van der Waals surface area contributed by atoms with Gasteiger partial charge in [0.1, 0.15) is 0 Å². The molecule has 6 heteroatoms. The fourth-order valence-electron chi connectivity index (χ4n) is 2.66.